The highest BCUT2D eigenvalue weighted by molar-refractivity contribution is 5.93. The van der Waals surface area contributed by atoms with E-state index in [1.165, 1.54) is 11.1 Å². The third-order valence-electron chi connectivity index (χ3n) is 5.12. The largest absolute Gasteiger partial charge is 0.508 e. The van der Waals surface area contributed by atoms with Crippen molar-refractivity contribution in [3.8, 4) is 17.0 Å². The number of phenols is 1. The Labute approximate surface area is 164 Å². The van der Waals surface area contributed by atoms with E-state index in [0.717, 1.165) is 31.6 Å². The summed E-state index contributed by atoms with van der Waals surface area (Å²) in [4.78, 5) is 14.9. The zero-order chi connectivity index (χ0) is 19.5. The van der Waals surface area contributed by atoms with Gasteiger partial charge in [0, 0.05) is 31.2 Å². The van der Waals surface area contributed by atoms with Gasteiger partial charge in [-0.05, 0) is 49.2 Å². The van der Waals surface area contributed by atoms with Gasteiger partial charge < -0.3 is 10.4 Å². The van der Waals surface area contributed by atoms with Crippen molar-refractivity contribution in [1.29, 1.82) is 0 Å². The number of hydrogen-bond donors (Lipinski definition) is 3. The van der Waals surface area contributed by atoms with E-state index in [1.807, 2.05) is 0 Å². The number of carbonyl (C=O) groups excluding carboxylic acids is 1. The molecular formula is C22H24N4O2. The number of nitrogens with zero attached hydrogens (tertiary/aromatic N) is 2. The molecule has 6 nitrogen and oxygen atoms in total. The maximum absolute atomic E-state index is 12.6. The highest BCUT2D eigenvalue weighted by Gasteiger charge is 2.24. The van der Waals surface area contributed by atoms with E-state index in [1.54, 1.807) is 30.3 Å². The topological polar surface area (TPSA) is 81.2 Å². The first-order chi connectivity index (χ1) is 13.6. The average molecular weight is 376 g/mol. The molecule has 1 saturated heterocycles. The number of aromatic hydroxyl groups is 1. The second-order valence-corrected chi connectivity index (χ2v) is 7.39. The summed E-state index contributed by atoms with van der Waals surface area (Å²) in [6.07, 6.45) is 0.941. The Bertz CT molecular complexity index is 947. The molecule has 1 unspecified atom stereocenters. The van der Waals surface area contributed by atoms with Crippen LogP contribution < -0.4 is 5.32 Å². The zero-order valence-corrected chi connectivity index (χ0v) is 15.9. The Kier molecular flexibility index (Phi) is 5.12. The van der Waals surface area contributed by atoms with Gasteiger partial charge in [0.25, 0.3) is 5.91 Å². The molecule has 1 aliphatic rings. The molecule has 1 aliphatic heterocycles. The van der Waals surface area contributed by atoms with Crippen LogP contribution >= 0.6 is 0 Å². The molecule has 28 heavy (non-hydrogen) atoms. The molecule has 0 aliphatic carbocycles. The predicted molar refractivity (Wildman–Crippen MR) is 108 cm³/mol. The number of aryl methyl sites for hydroxylation is 1. The van der Waals surface area contributed by atoms with Gasteiger partial charge in [0.05, 0.1) is 5.69 Å². The van der Waals surface area contributed by atoms with Crippen molar-refractivity contribution in [2.75, 3.05) is 13.1 Å². The van der Waals surface area contributed by atoms with Crippen molar-refractivity contribution in [3.63, 3.8) is 0 Å². The summed E-state index contributed by atoms with van der Waals surface area (Å²) >= 11 is 0. The number of nitrogens with one attached hydrogen (secondary N) is 2. The fourth-order valence-corrected chi connectivity index (χ4v) is 3.53. The highest BCUT2D eigenvalue weighted by Crippen LogP contribution is 2.21. The molecule has 2 aromatic carbocycles. The lowest BCUT2D eigenvalue weighted by molar-refractivity contribution is 0.0932. The van der Waals surface area contributed by atoms with E-state index in [9.17, 15) is 9.90 Å². The molecule has 3 aromatic rings. The standard InChI is InChI=1S/C22H24N4O2/c1-15-2-4-16(5-3-15)13-26-11-10-18(14-26)23-22(28)21-12-20(24-25-21)17-6-8-19(27)9-7-17/h2-9,12,18,27H,10-11,13-14H2,1H3,(H,23,28)(H,24,25). The summed E-state index contributed by atoms with van der Waals surface area (Å²) in [6.45, 7) is 4.81. The molecule has 0 bridgehead atoms. The van der Waals surface area contributed by atoms with Gasteiger partial charge in [-0.15, -0.1) is 0 Å². The number of likely N-dealkylation sites (tertiary alicyclic amines) is 1. The highest BCUT2D eigenvalue weighted by atomic mass is 16.3. The molecule has 0 spiro atoms. The summed E-state index contributed by atoms with van der Waals surface area (Å²) in [6, 6.07) is 17.2. The van der Waals surface area contributed by atoms with Crippen LogP contribution in [-0.4, -0.2) is 45.2 Å². The van der Waals surface area contributed by atoms with E-state index < -0.39 is 0 Å². The third-order valence-corrected chi connectivity index (χ3v) is 5.12. The van der Waals surface area contributed by atoms with Gasteiger partial charge in [0.1, 0.15) is 11.4 Å². The van der Waals surface area contributed by atoms with Gasteiger partial charge in [0.15, 0.2) is 0 Å². The van der Waals surface area contributed by atoms with Crippen LogP contribution in [0.15, 0.2) is 54.6 Å². The number of H-pyrrole nitrogens is 1. The number of hydrogen-bond acceptors (Lipinski definition) is 4. The fraction of sp³-hybridized carbons (Fsp3) is 0.273. The number of aromatic amines is 1. The van der Waals surface area contributed by atoms with E-state index in [0.29, 0.717) is 11.4 Å². The lowest BCUT2D eigenvalue weighted by atomic mass is 10.1. The maximum atomic E-state index is 12.6. The summed E-state index contributed by atoms with van der Waals surface area (Å²) in [5.41, 5.74) is 4.53. The average Bonchev–Trinajstić information content (AvgIpc) is 3.34. The lowest BCUT2D eigenvalue weighted by Crippen LogP contribution is -2.37. The monoisotopic (exact) mass is 376 g/mol. The first-order valence-corrected chi connectivity index (χ1v) is 9.50. The van der Waals surface area contributed by atoms with Crippen LogP contribution in [0, 0.1) is 6.92 Å². The van der Waals surface area contributed by atoms with Crippen LogP contribution in [0.4, 0.5) is 0 Å². The van der Waals surface area contributed by atoms with Crippen LogP contribution in [0.5, 0.6) is 5.75 Å². The molecule has 144 valence electrons. The summed E-state index contributed by atoms with van der Waals surface area (Å²) in [5, 5.41) is 19.5. The number of carbonyl (C=O) groups is 1. The quantitative estimate of drug-likeness (QED) is 0.639. The summed E-state index contributed by atoms with van der Waals surface area (Å²) in [5.74, 6) is 0.0633. The van der Waals surface area contributed by atoms with Crippen molar-refractivity contribution < 1.29 is 9.90 Å². The first-order valence-electron chi connectivity index (χ1n) is 9.50. The van der Waals surface area contributed by atoms with Crippen LogP contribution in [-0.2, 0) is 6.54 Å². The van der Waals surface area contributed by atoms with Gasteiger partial charge in [-0.25, -0.2) is 0 Å². The Balaban J connectivity index is 1.33. The molecule has 1 fully saturated rings. The molecule has 1 amide bonds. The normalized spacial score (nSPS) is 17.0. The van der Waals surface area contributed by atoms with Crippen LogP contribution in [0.2, 0.25) is 0 Å². The number of amides is 1. The van der Waals surface area contributed by atoms with Crippen molar-refractivity contribution in [3.05, 3.63) is 71.4 Å². The molecule has 6 heteroatoms. The molecule has 3 N–H and O–H groups in total. The van der Waals surface area contributed by atoms with Crippen LogP contribution in [0.25, 0.3) is 11.3 Å². The molecular weight excluding hydrogens is 352 g/mol. The zero-order valence-electron chi connectivity index (χ0n) is 15.9. The van der Waals surface area contributed by atoms with Gasteiger partial charge in [0.2, 0.25) is 0 Å². The van der Waals surface area contributed by atoms with Crippen molar-refractivity contribution in [2.45, 2.75) is 25.9 Å². The van der Waals surface area contributed by atoms with Gasteiger partial charge in [-0.3, -0.25) is 14.8 Å². The Hall–Kier alpha value is -3.12. The van der Waals surface area contributed by atoms with Gasteiger partial charge >= 0.3 is 0 Å². The number of aromatic nitrogens is 2. The van der Waals surface area contributed by atoms with Crippen molar-refractivity contribution >= 4 is 5.91 Å². The summed E-state index contributed by atoms with van der Waals surface area (Å²) < 4.78 is 0. The van der Waals surface area contributed by atoms with Crippen molar-refractivity contribution in [2.24, 2.45) is 0 Å². The SMILES string of the molecule is Cc1ccc(CN2CCC(NC(=O)c3cc(-c4ccc(O)cc4)n[nH]3)C2)cc1. The maximum Gasteiger partial charge on any atom is 0.269 e. The van der Waals surface area contributed by atoms with Gasteiger partial charge in [-0.1, -0.05) is 29.8 Å². The van der Waals surface area contributed by atoms with E-state index in [4.69, 9.17) is 0 Å². The minimum atomic E-state index is -0.139. The molecule has 0 saturated carbocycles. The first kappa shape index (κ1) is 18.3. The van der Waals surface area contributed by atoms with Crippen LogP contribution in [0.3, 0.4) is 0 Å². The number of rotatable bonds is 5. The third kappa shape index (κ3) is 4.23. The number of phenolic OH excluding ortho intramolecular Hbond substituents is 1. The smallest absolute Gasteiger partial charge is 0.269 e. The van der Waals surface area contributed by atoms with Crippen LogP contribution in [0.1, 0.15) is 28.0 Å². The Morgan fingerprint density at radius 3 is 2.71 bits per heavy atom. The Morgan fingerprint density at radius 1 is 1.21 bits per heavy atom. The second kappa shape index (κ2) is 7.86. The number of benzene rings is 2. The molecule has 4 rings (SSSR count). The van der Waals surface area contributed by atoms with Gasteiger partial charge in [-0.2, -0.15) is 5.10 Å². The van der Waals surface area contributed by atoms with Crippen molar-refractivity contribution in [1.82, 2.24) is 20.4 Å². The Morgan fingerprint density at radius 2 is 1.96 bits per heavy atom. The van der Waals surface area contributed by atoms with E-state index in [-0.39, 0.29) is 17.7 Å². The predicted octanol–water partition coefficient (Wildman–Crippen LogP) is 3.10. The van der Waals surface area contributed by atoms with E-state index in [2.05, 4.69) is 51.6 Å². The fourth-order valence-electron chi connectivity index (χ4n) is 3.53. The molecule has 1 atom stereocenters. The minimum absolute atomic E-state index is 0.137. The van der Waals surface area contributed by atoms with E-state index >= 15 is 0 Å². The molecule has 2 heterocycles. The molecule has 1 aromatic heterocycles. The lowest BCUT2D eigenvalue weighted by Gasteiger charge is -2.16. The summed E-state index contributed by atoms with van der Waals surface area (Å²) in [7, 11) is 0. The minimum Gasteiger partial charge on any atom is -0.508 e. The molecule has 0 radical (unpaired) electrons. The second-order valence-electron chi connectivity index (χ2n) is 7.39.